The van der Waals surface area contributed by atoms with Crippen LogP contribution in [0.15, 0.2) is 78.4 Å². The molecule has 232 valence electrons. The molecule has 0 bridgehead atoms. The number of rotatable bonds is 12. The maximum Gasteiger partial charge on any atom is 0.301 e. The third kappa shape index (κ3) is 6.61. The summed E-state index contributed by atoms with van der Waals surface area (Å²) in [6.07, 6.45) is 0.840. The Morgan fingerprint density at radius 1 is 0.956 bits per heavy atom. The van der Waals surface area contributed by atoms with E-state index in [2.05, 4.69) is 4.98 Å². The zero-order valence-electron chi connectivity index (χ0n) is 25.5. The largest absolute Gasteiger partial charge is 0.507 e. The third-order valence-electron chi connectivity index (χ3n) is 7.18. The first-order valence-corrected chi connectivity index (χ1v) is 15.5. The molecule has 2 heterocycles. The van der Waals surface area contributed by atoms with Crippen LogP contribution >= 0.6 is 11.3 Å². The molecular formula is C35H34N2O7S. The number of nitrogens with zero attached hydrogens (tertiary/aromatic N) is 2. The Kier molecular flexibility index (Phi) is 9.63. The van der Waals surface area contributed by atoms with E-state index < -0.39 is 17.7 Å². The van der Waals surface area contributed by atoms with Crippen molar-refractivity contribution in [3.8, 4) is 17.2 Å². The fourth-order valence-electron chi connectivity index (χ4n) is 5.06. The number of ether oxygens (including phenoxy) is 3. The van der Waals surface area contributed by atoms with Crippen molar-refractivity contribution in [2.45, 2.75) is 46.8 Å². The Labute approximate surface area is 265 Å². The molecule has 1 unspecified atom stereocenters. The van der Waals surface area contributed by atoms with Crippen LogP contribution in [0, 0.1) is 6.92 Å². The van der Waals surface area contributed by atoms with E-state index in [4.69, 9.17) is 14.2 Å². The Bertz CT molecular complexity index is 1750. The van der Waals surface area contributed by atoms with E-state index in [9.17, 15) is 19.5 Å². The van der Waals surface area contributed by atoms with Gasteiger partial charge in [-0.15, -0.1) is 0 Å². The highest BCUT2D eigenvalue weighted by Crippen LogP contribution is 2.45. The fourth-order valence-corrected chi connectivity index (χ4v) is 6.05. The van der Waals surface area contributed by atoms with Crippen molar-refractivity contribution in [3.05, 3.63) is 106 Å². The van der Waals surface area contributed by atoms with Gasteiger partial charge in [-0.25, -0.2) is 4.98 Å². The van der Waals surface area contributed by atoms with Crippen molar-refractivity contribution in [1.29, 1.82) is 0 Å². The highest BCUT2D eigenvalue weighted by Gasteiger charge is 2.48. The predicted molar refractivity (Wildman–Crippen MR) is 172 cm³/mol. The van der Waals surface area contributed by atoms with E-state index in [0.29, 0.717) is 58.8 Å². The van der Waals surface area contributed by atoms with E-state index in [1.165, 1.54) is 11.8 Å². The summed E-state index contributed by atoms with van der Waals surface area (Å²) < 4.78 is 17.7. The van der Waals surface area contributed by atoms with E-state index in [1.807, 2.05) is 44.2 Å². The molecular weight excluding hydrogens is 592 g/mol. The van der Waals surface area contributed by atoms with Gasteiger partial charge in [0, 0.05) is 12.5 Å². The number of carbonyl (C=O) groups is 3. The van der Waals surface area contributed by atoms with Gasteiger partial charge in [0.15, 0.2) is 22.4 Å². The summed E-state index contributed by atoms with van der Waals surface area (Å²) in [5.74, 6) is -0.771. The minimum Gasteiger partial charge on any atom is -0.507 e. The lowest BCUT2D eigenvalue weighted by Gasteiger charge is -2.24. The van der Waals surface area contributed by atoms with Crippen molar-refractivity contribution >= 4 is 39.7 Å². The number of aliphatic hydroxyl groups is 1. The lowest BCUT2D eigenvalue weighted by Crippen LogP contribution is -2.29. The number of thiazole rings is 1. The van der Waals surface area contributed by atoms with Crippen molar-refractivity contribution in [2.75, 3.05) is 18.1 Å². The quantitative estimate of drug-likeness (QED) is 0.0770. The molecule has 0 radical (unpaired) electrons. The van der Waals surface area contributed by atoms with Crippen LogP contribution in [0.25, 0.3) is 5.76 Å². The average Bonchev–Trinajstić information content (AvgIpc) is 3.56. The summed E-state index contributed by atoms with van der Waals surface area (Å²) >= 11 is 1.03. The zero-order chi connectivity index (χ0) is 32.1. The van der Waals surface area contributed by atoms with E-state index >= 15 is 0 Å². The number of aliphatic hydroxyl groups excluding tert-OH is 1. The van der Waals surface area contributed by atoms with Gasteiger partial charge in [-0.2, -0.15) is 0 Å². The van der Waals surface area contributed by atoms with Crippen molar-refractivity contribution < 1.29 is 33.7 Å². The summed E-state index contributed by atoms with van der Waals surface area (Å²) in [5.41, 5.74) is 2.15. The molecule has 9 nitrogen and oxygen atoms in total. The van der Waals surface area contributed by atoms with Gasteiger partial charge < -0.3 is 19.3 Å². The Morgan fingerprint density at radius 2 is 1.69 bits per heavy atom. The van der Waals surface area contributed by atoms with Crippen LogP contribution in [0.4, 0.5) is 5.13 Å². The standard InChI is InChI=1S/C35H34N2O7S/c1-5-18-43-26-15-12-24(13-16-26)31(39)29-30(37(34(41)32(29)40)35-36-21(3)33(45-35)22(4)38)25-14-17-27(28(19-25)42-6-2)44-20-23-10-8-7-9-11-23/h7-17,19,30,39H,5-6,18,20H2,1-4H3/b31-29+. The third-order valence-corrected chi connectivity index (χ3v) is 8.43. The number of carbonyl (C=O) groups excluding carboxylic acids is 3. The normalized spacial score (nSPS) is 15.7. The first-order valence-electron chi connectivity index (χ1n) is 14.7. The summed E-state index contributed by atoms with van der Waals surface area (Å²) in [5, 5.41) is 11.7. The van der Waals surface area contributed by atoms with Crippen LogP contribution in [-0.4, -0.2) is 40.8 Å². The summed E-state index contributed by atoms with van der Waals surface area (Å²) in [6, 6.07) is 20.5. The van der Waals surface area contributed by atoms with Gasteiger partial charge in [-0.3, -0.25) is 19.3 Å². The monoisotopic (exact) mass is 626 g/mol. The molecule has 1 amide bonds. The maximum absolute atomic E-state index is 13.7. The first-order chi connectivity index (χ1) is 21.7. The number of aromatic nitrogens is 1. The number of hydrogen-bond donors (Lipinski definition) is 1. The second-order valence-corrected chi connectivity index (χ2v) is 11.4. The van der Waals surface area contributed by atoms with Gasteiger partial charge in [0.25, 0.3) is 5.78 Å². The molecule has 1 aliphatic heterocycles. The molecule has 45 heavy (non-hydrogen) atoms. The highest BCUT2D eigenvalue weighted by molar-refractivity contribution is 7.18. The lowest BCUT2D eigenvalue weighted by molar-refractivity contribution is -0.132. The number of hydrogen-bond acceptors (Lipinski definition) is 9. The number of anilines is 1. The van der Waals surface area contributed by atoms with E-state index in [0.717, 1.165) is 23.3 Å². The van der Waals surface area contributed by atoms with Crippen LogP contribution in [0.1, 0.15) is 65.3 Å². The van der Waals surface area contributed by atoms with Crippen LogP contribution in [0.3, 0.4) is 0 Å². The summed E-state index contributed by atoms with van der Waals surface area (Å²) in [7, 11) is 0. The topological polar surface area (TPSA) is 115 Å². The van der Waals surface area contributed by atoms with Crippen LogP contribution in [-0.2, 0) is 16.2 Å². The van der Waals surface area contributed by atoms with E-state index in [1.54, 1.807) is 49.4 Å². The molecule has 0 aliphatic carbocycles. The van der Waals surface area contributed by atoms with Crippen molar-refractivity contribution in [1.82, 2.24) is 4.98 Å². The number of benzene rings is 3. The molecule has 0 saturated carbocycles. The minimum absolute atomic E-state index is 0.111. The molecule has 1 N–H and O–H groups in total. The molecule has 0 spiro atoms. The van der Waals surface area contributed by atoms with Crippen LogP contribution in [0.2, 0.25) is 0 Å². The maximum atomic E-state index is 13.7. The van der Waals surface area contributed by atoms with Crippen molar-refractivity contribution in [3.63, 3.8) is 0 Å². The zero-order valence-corrected chi connectivity index (χ0v) is 26.3. The number of aryl methyl sites for hydroxylation is 1. The van der Waals surface area contributed by atoms with Gasteiger partial charge in [0.1, 0.15) is 18.1 Å². The molecule has 1 aromatic heterocycles. The van der Waals surface area contributed by atoms with Gasteiger partial charge in [0.05, 0.1) is 35.4 Å². The molecule has 3 aromatic carbocycles. The lowest BCUT2D eigenvalue weighted by atomic mass is 9.95. The highest BCUT2D eigenvalue weighted by atomic mass is 32.1. The SMILES string of the molecule is CCCOc1ccc(/C(O)=C2\C(=O)C(=O)N(c3nc(C)c(C(C)=O)s3)C2c2ccc(OCc3ccccc3)c(OCC)c2)cc1. The van der Waals surface area contributed by atoms with Gasteiger partial charge in [-0.1, -0.05) is 54.7 Å². The number of Topliss-reactive ketones (excluding diaryl/α,β-unsaturated/α-hetero) is 2. The van der Waals surface area contributed by atoms with Crippen LogP contribution < -0.4 is 19.1 Å². The Morgan fingerprint density at radius 3 is 2.33 bits per heavy atom. The molecule has 1 saturated heterocycles. The Balaban J connectivity index is 1.62. The van der Waals surface area contributed by atoms with E-state index in [-0.39, 0.29) is 22.2 Å². The molecule has 10 heteroatoms. The number of amides is 1. The summed E-state index contributed by atoms with van der Waals surface area (Å²) in [4.78, 5) is 45.7. The van der Waals surface area contributed by atoms with Gasteiger partial charge in [0.2, 0.25) is 0 Å². The number of ketones is 2. The Hall–Kier alpha value is -4.96. The molecule has 1 fully saturated rings. The second kappa shape index (κ2) is 13.8. The molecule has 1 atom stereocenters. The molecule has 4 aromatic rings. The van der Waals surface area contributed by atoms with Gasteiger partial charge >= 0.3 is 5.91 Å². The minimum atomic E-state index is -1.06. The molecule has 5 rings (SSSR count). The van der Waals surface area contributed by atoms with Crippen LogP contribution in [0.5, 0.6) is 17.2 Å². The average molecular weight is 627 g/mol. The second-order valence-electron chi connectivity index (χ2n) is 10.4. The smallest absolute Gasteiger partial charge is 0.301 e. The molecule has 1 aliphatic rings. The van der Waals surface area contributed by atoms with Gasteiger partial charge in [-0.05, 0) is 67.8 Å². The summed E-state index contributed by atoms with van der Waals surface area (Å²) in [6.45, 7) is 8.13. The predicted octanol–water partition coefficient (Wildman–Crippen LogP) is 7.05. The first kappa shape index (κ1) is 31.5. The fraction of sp³-hybridized carbons (Fsp3) is 0.257. The van der Waals surface area contributed by atoms with Crippen molar-refractivity contribution in [2.24, 2.45) is 0 Å².